The predicted octanol–water partition coefficient (Wildman–Crippen LogP) is 2.43. The Kier molecular flexibility index (Phi) is 2.68. The fraction of sp³-hybridized carbons (Fsp3) is 0.867. The van der Waals surface area contributed by atoms with Crippen LogP contribution in [0.2, 0.25) is 0 Å². The van der Waals surface area contributed by atoms with Gasteiger partial charge >= 0.3 is 0 Å². The molecule has 0 amide bonds. The van der Waals surface area contributed by atoms with E-state index in [0.717, 1.165) is 24.8 Å². The monoisotopic (exact) mass is 252 g/mol. The molecule has 0 aromatic carbocycles. The smallest absolute Gasteiger partial charge is 0.0947 e. The van der Waals surface area contributed by atoms with Gasteiger partial charge in [0.2, 0.25) is 0 Å². The lowest BCUT2D eigenvalue weighted by atomic mass is 9.82. The lowest BCUT2D eigenvalue weighted by Crippen LogP contribution is -2.22. The predicted molar refractivity (Wildman–Crippen MR) is 69.3 cm³/mol. The van der Waals surface area contributed by atoms with Crippen molar-refractivity contribution in [3.05, 3.63) is 11.6 Å². The van der Waals surface area contributed by atoms with Crippen LogP contribution in [0.4, 0.5) is 0 Å². The first-order valence-corrected chi connectivity index (χ1v) is 7.00. The zero-order valence-corrected chi connectivity index (χ0v) is 11.8. The largest absolute Gasteiger partial charge is 0.389 e. The molecule has 3 aliphatic rings. The molecular formula is C15H24O3. The number of rotatable bonds is 0. The SMILES string of the molecule is CC1=CCC(C)(C)[C@@H]2O[C@H]2C[C@@]2(C)O[C@@H]2C[C@@H]1O. The summed E-state index contributed by atoms with van der Waals surface area (Å²) in [7, 11) is 0. The van der Waals surface area contributed by atoms with Crippen LogP contribution in [0.1, 0.15) is 47.0 Å². The van der Waals surface area contributed by atoms with Crippen molar-refractivity contribution < 1.29 is 14.6 Å². The number of fused-ring (bicyclic) bond motifs is 2. The van der Waals surface area contributed by atoms with Crippen molar-refractivity contribution in [3.8, 4) is 0 Å². The molecule has 1 aliphatic carbocycles. The molecule has 2 heterocycles. The van der Waals surface area contributed by atoms with Crippen molar-refractivity contribution in [3.63, 3.8) is 0 Å². The molecule has 3 heteroatoms. The maximum absolute atomic E-state index is 10.2. The maximum Gasteiger partial charge on any atom is 0.0947 e. The van der Waals surface area contributed by atoms with E-state index in [2.05, 4.69) is 26.8 Å². The third kappa shape index (κ3) is 2.13. The van der Waals surface area contributed by atoms with Gasteiger partial charge in [-0.2, -0.15) is 0 Å². The number of allylic oxidation sites excluding steroid dienone is 1. The molecule has 18 heavy (non-hydrogen) atoms. The first-order valence-electron chi connectivity index (χ1n) is 7.00. The highest BCUT2D eigenvalue weighted by Gasteiger charge is 2.60. The van der Waals surface area contributed by atoms with Gasteiger partial charge in [0.15, 0.2) is 0 Å². The molecule has 1 N–H and O–H groups in total. The number of hydrogen-bond donors (Lipinski definition) is 1. The second kappa shape index (κ2) is 3.81. The Morgan fingerprint density at radius 3 is 2.78 bits per heavy atom. The fourth-order valence-electron chi connectivity index (χ4n) is 3.22. The molecule has 102 valence electrons. The van der Waals surface area contributed by atoms with Crippen LogP contribution in [0.3, 0.4) is 0 Å². The normalized spacial score (nSPS) is 50.4. The van der Waals surface area contributed by atoms with Crippen LogP contribution in [0.25, 0.3) is 0 Å². The third-order valence-electron chi connectivity index (χ3n) is 4.91. The van der Waals surface area contributed by atoms with Gasteiger partial charge in [-0.25, -0.2) is 0 Å². The summed E-state index contributed by atoms with van der Waals surface area (Å²) in [6.45, 7) is 8.66. The van der Waals surface area contributed by atoms with Gasteiger partial charge in [-0.1, -0.05) is 19.9 Å². The second-order valence-electron chi connectivity index (χ2n) is 7.11. The lowest BCUT2D eigenvalue weighted by Gasteiger charge is -2.21. The van der Waals surface area contributed by atoms with Crippen LogP contribution in [0.15, 0.2) is 11.6 Å². The summed E-state index contributed by atoms with van der Waals surface area (Å²) in [5.74, 6) is 0. The van der Waals surface area contributed by atoms with Crippen molar-refractivity contribution in [2.24, 2.45) is 5.41 Å². The van der Waals surface area contributed by atoms with E-state index >= 15 is 0 Å². The summed E-state index contributed by atoms with van der Waals surface area (Å²) >= 11 is 0. The molecule has 2 fully saturated rings. The van der Waals surface area contributed by atoms with Crippen LogP contribution in [0, 0.1) is 5.41 Å². The fourth-order valence-corrected chi connectivity index (χ4v) is 3.22. The number of hydrogen-bond acceptors (Lipinski definition) is 3. The quantitative estimate of drug-likeness (QED) is 0.532. The van der Waals surface area contributed by atoms with Gasteiger partial charge in [0.1, 0.15) is 0 Å². The molecule has 0 spiro atoms. The van der Waals surface area contributed by atoms with Gasteiger partial charge in [0.25, 0.3) is 0 Å². The Balaban J connectivity index is 1.81. The van der Waals surface area contributed by atoms with Crippen LogP contribution >= 0.6 is 0 Å². The summed E-state index contributed by atoms with van der Waals surface area (Å²) < 4.78 is 11.7. The molecule has 3 rings (SSSR count). The van der Waals surface area contributed by atoms with Gasteiger partial charge in [-0.05, 0) is 31.3 Å². The zero-order valence-electron chi connectivity index (χ0n) is 11.8. The maximum atomic E-state index is 10.2. The molecule has 3 nitrogen and oxygen atoms in total. The van der Waals surface area contributed by atoms with E-state index < -0.39 is 0 Å². The van der Waals surface area contributed by atoms with E-state index in [1.165, 1.54) is 0 Å². The van der Waals surface area contributed by atoms with E-state index in [4.69, 9.17) is 9.47 Å². The van der Waals surface area contributed by atoms with Crippen molar-refractivity contribution in [2.45, 2.75) is 77.0 Å². The minimum absolute atomic E-state index is 0.0684. The third-order valence-corrected chi connectivity index (χ3v) is 4.91. The van der Waals surface area contributed by atoms with E-state index in [1.54, 1.807) is 0 Å². The van der Waals surface area contributed by atoms with Gasteiger partial charge in [0.05, 0.1) is 30.0 Å². The van der Waals surface area contributed by atoms with Crippen molar-refractivity contribution in [1.29, 1.82) is 0 Å². The Morgan fingerprint density at radius 1 is 1.33 bits per heavy atom. The summed E-state index contributed by atoms with van der Waals surface area (Å²) in [5, 5.41) is 10.2. The molecule has 5 atom stereocenters. The Hall–Kier alpha value is -0.380. The Morgan fingerprint density at radius 2 is 2.06 bits per heavy atom. The molecule has 0 unspecified atom stereocenters. The summed E-state index contributed by atoms with van der Waals surface area (Å²) in [5.41, 5.74) is 1.15. The first kappa shape index (κ1) is 12.6. The second-order valence-corrected chi connectivity index (χ2v) is 7.11. The topological polar surface area (TPSA) is 45.3 Å². The van der Waals surface area contributed by atoms with Crippen molar-refractivity contribution >= 4 is 0 Å². The summed E-state index contributed by atoms with van der Waals surface area (Å²) in [4.78, 5) is 0. The minimum Gasteiger partial charge on any atom is -0.389 e. The highest BCUT2D eigenvalue weighted by molar-refractivity contribution is 5.15. The van der Waals surface area contributed by atoms with Gasteiger partial charge in [0, 0.05) is 12.8 Å². The summed E-state index contributed by atoms with van der Waals surface area (Å²) in [6, 6.07) is 0. The number of ether oxygens (including phenoxy) is 2. The van der Waals surface area contributed by atoms with E-state index in [-0.39, 0.29) is 23.2 Å². The van der Waals surface area contributed by atoms with Crippen molar-refractivity contribution in [1.82, 2.24) is 0 Å². The molecule has 2 saturated heterocycles. The Bertz CT molecular complexity index is 387. The van der Waals surface area contributed by atoms with Crippen LogP contribution in [-0.2, 0) is 9.47 Å². The zero-order chi connectivity index (χ0) is 13.1. The highest BCUT2D eigenvalue weighted by atomic mass is 16.6. The van der Waals surface area contributed by atoms with E-state index in [9.17, 15) is 5.11 Å². The molecule has 0 saturated carbocycles. The number of epoxide rings is 2. The molecule has 2 aliphatic heterocycles. The average molecular weight is 252 g/mol. The van der Waals surface area contributed by atoms with Crippen LogP contribution in [-0.4, -0.2) is 35.1 Å². The average Bonchev–Trinajstić information content (AvgIpc) is 3.14. The summed E-state index contributed by atoms with van der Waals surface area (Å²) in [6.07, 6.45) is 5.37. The van der Waals surface area contributed by atoms with Gasteiger partial charge < -0.3 is 14.6 Å². The number of aliphatic hydroxyl groups excluding tert-OH is 1. The first-order chi connectivity index (χ1) is 8.32. The Labute approximate surface area is 109 Å². The van der Waals surface area contributed by atoms with Gasteiger partial charge in [-0.15, -0.1) is 0 Å². The van der Waals surface area contributed by atoms with E-state index in [0.29, 0.717) is 12.2 Å². The molecule has 0 aromatic rings. The molecule has 0 bridgehead atoms. The lowest BCUT2D eigenvalue weighted by molar-refractivity contribution is 0.182. The minimum atomic E-state index is -0.358. The highest BCUT2D eigenvalue weighted by Crippen LogP contribution is 2.51. The molecule has 0 radical (unpaired) electrons. The van der Waals surface area contributed by atoms with E-state index in [1.807, 2.05) is 6.92 Å². The van der Waals surface area contributed by atoms with Crippen molar-refractivity contribution in [2.75, 3.05) is 0 Å². The molecular weight excluding hydrogens is 228 g/mol. The van der Waals surface area contributed by atoms with Gasteiger partial charge in [-0.3, -0.25) is 0 Å². The standard InChI is InChI=1S/C15H24O3/c1-9-5-6-14(2,3)13-11(17-13)8-15(4)12(18-15)7-10(9)16/h5,10-13,16H,6-8H2,1-4H3/t10-,11-,12+,13+,15+/m0/s1. The van der Waals surface area contributed by atoms with Crippen LogP contribution in [0.5, 0.6) is 0 Å². The van der Waals surface area contributed by atoms with Crippen LogP contribution < -0.4 is 0 Å². The molecule has 0 aromatic heterocycles. The number of aliphatic hydroxyl groups is 1.